The molecule has 0 bridgehead atoms. The summed E-state index contributed by atoms with van der Waals surface area (Å²) in [5.74, 6) is -0.469. The molecule has 0 saturated carbocycles. The van der Waals surface area contributed by atoms with E-state index in [9.17, 15) is 9.59 Å². The van der Waals surface area contributed by atoms with Crippen LogP contribution in [0.3, 0.4) is 0 Å². The lowest BCUT2D eigenvalue weighted by Crippen LogP contribution is -2.24. The highest BCUT2D eigenvalue weighted by atomic mass is 16.5. The Bertz CT molecular complexity index is 472. The molecule has 1 aromatic rings. The van der Waals surface area contributed by atoms with Crippen molar-refractivity contribution in [2.75, 3.05) is 20.7 Å². The first-order valence-corrected chi connectivity index (χ1v) is 7.16. The van der Waals surface area contributed by atoms with Crippen LogP contribution in [0.2, 0.25) is 0 Å². The molecule has 1 N–H and O–H groups in total. The molecule has 0 aromatic heterocycles. The third kappa shape index (κ3) is 6.90. The number of nitrogens with one attached hydrogen (secondary N) is 1. The van der Waals surface area contributed by atoms with Crippen molar-refractivity contribution in [1.82, 2.24) is 10.2 Å². The zero-order chi connectivity index (χ0) is 15.7. The largest absolute Gasteiger partial charge is 0.466 e. The molecule has 0 aliphatic carbocycles. The van der Waals surface area contributed by atoms with Crippen LogP contribution in [0.1, 0.15) is 30.9 Å². The van der Waals surface area contributed by atoms with Gasteiger partial charge in [-0.15, -0.1) is 0 Å². The van der Waals surface area contributed by atoms with Gasteiger partial charge in [-0.1, -0.05) is 24.3 Å². The number of ether oxygens (including phenoxy) is 1. The van der Waals surface area contributed by atoms with Crippen LogP contribution in [0.25, 0.3) is 0 Å². The van der Waals surface area contributed by atoms with Crippen LogP contribution in [0.5, 0.6) is 0 Å². The maximum atomic E-state index is 11.7. The monoisotopic (exact) mass is 292 g/mol. The van der Waals surface area contributed by atoms with Gasteiger partial charge in [-0.05, 0) is 32.1 Å². The predicted molar refractivity (Wildman–Crippen MR) is 81.5 cm³/mol. The molecule has 0 fully saturated rings. The van der Waals surface area contributed by atoms with Crippen molar-refractivity contribution < 1.29 is 14.3 Å². The normalized spacial score (nSPS) is 10.5. The summed E-state index contributed by atoms with van der Waals surface area (Å²) in [7, 11) is 4.02. The van der Waals surface area contributed by atoms with Crippen LogP contribution in [-0.4, -0.2) is 37.5 Å². The minimum atomic E-state index is -0.333. The van der Waals surface area contributed by atoms with E-state index in [1.54, 1.807) is 6.92 Å². The fourth-order valence-corrected chi connectivity index (χ4v) is 1.96. The molecule has 0 aliphatic rings. The summed E-state index contributed by atoms with van der Waals surface area (Å²) in [5, 5.41) is 2.84. The second-order valence-corrected chi connectivity index (χ2v) is 5.09. The number of hydrogen-bond acceptors (Lipinski definition) is 4. The first-order valence-electron chi connectivity index (χ1n) is 7.16. The second-order valence-electron chi connectivity index (χ2n) is 5.09. The molecule has 0 spiro atoms. The summed E-state index contributed by atoms with van der Waals surface area (Å²) in [6.45, 7) is 3.40. The van der Waals surface area contributed by atoms with E-state index in [0.29, 0.717) is 13.2 Å². The molecule has 0 atom stereocenters. The number of esters is 1. The van der Waals surface area contributed by atoms with Gasteiger partial charge in [0.15, 0.2) is 0 Å². The highest BCUT2D eigenvalue weighted by Gasteiger charge is 2.08. The standard InChI is InChI=1S/C16H24N2O3/c1-4-21-16(20)10-9-15(19)17-11-13-7-5-6-8-14(13)12-18(2)3/h5-8H,4,9-12H2,1-3H3,(H,17,19). The Kier molecular flexibility index (Phi) is 7.46. The van der Waals surface area contributed by atoms with Gasteiger partial charge in [-0.3, -0.25) is 9.59 Å². The van der Waals surface area contributed by atoms with Crippen molar-refractivity contribution in [2.24, 2.45) is 0 Å². The number of carbonyl (C=O) groups excluding carboxylic acids is 2. The Balaban J connectivity index is 2.44. The smallest absolute Gasteiger partial charge is 0.306 e. The van der Waals surface area contributed by atoms with Crippen molar-refractivity contribution in [3.8, 4) is 0 Å². The average Bonchev–Trinajstić information content (AvgIpc) is 2.44. The van der Waals surface area contributed by atoms with E-state index in [-0.39, 0.29) is 24.7 Å². The van der Waals surface area contributed by atoms with Crippen LogP contribution >= 0.6 is 0 Å². The predicted octanol–water partition coefficient (Wildman–Crippen LogP) is 1.71. The van der Waals surface area contributed by atoms with E-state index in [1.807, 2.05) is 32.3 Å². The van der Waals surface area contributed by atoms with Crippen LogP contribution in [0.4, 0.5) is 0 Å². The fourth-order valence-electron chi connectivity index (χ4n) is 1.96. The maximum Gasteiger partial charge on any atom is 0.306 e. The SMILES string of the molecule is CCOC(=O)CCC(=O)NCc1ccccc1CN(C)C. The van der Waals surface area contributed by atoms with E-state index >= 15 is 0 Å². The molecule has 0 unspecified atom stereocenters. The quantitative estimate of drug-likeness (QED) is 0.741. The van der Waals surface area contributed by atoms with Gasteiger partial charge >= 0.3 is 5.97 Å². The lowest BCUT2D eigenvalue weighted by Gasteiger charge is -2.14. The first-order chi connectivity index (χ1) is 10.0. The molecule has 5 heteroatoms. The summed E-state index contributed by atoms with van der Waals surface area (Å²) in [6.07, 6.45) is 0.285. The topological polar surface area (TPSA) is 58.6 Å². The molecule has 0 aliphatic heterocycles. The zero-order valence-electron chi connectivity index (χ0n) is 13.0. The van der Waals surface area contributed by atoms with Crippen LogP contribution in [-0.2, 0) is 27.4 Å². The van der Waals surface area contributed by atoms with Crippen molar-refractivity contribution in [3.63, 3.8) is 0 Å². The van der Waals surface area contributed by atoms with Crippen molar-refractivity contribution in [3.05, 3.63) is 35.4 Å². The number of nitrogens with zero attached hydrogens (tertiary/aromatic N) is 1. The molecular weight excluding hydrogens is 268 g/mol. The van der Waals surface area contributed by atoms with Gasteiger partial charge in [0.1, 0.15) is 0 Å². The summed E-state index contributed by atoms with van der Waals surface area (Å²) in [4.78, 5) is 25.0. The maximum absolute atomic E-state index is 11.7. The fraction of sp³-hybridized carbons (Fsp3) is 0.500. The van der Waals surface area contributed by atoms with Crippen molar-refractivity contribution in [1.29, 1.82) is 0 Å². The van der Waals surface area contributed by atoms with Crippen LogP contribution in [0.15, 0.2) is 24.3 Å². The number of rotatable bonds is 8. The van der Waals surface area contributed by atoms with Crippen LogP contribution in [0, 0.1) is 0 Å². The van der Waals surface area contributed by atoms with E-state index in [4.69, 9.17) is 4.74 Å². The third-order valence-corrected chi connectivity index (χ3v) is 2.94. The number of amides is 1. The molecule has 0 saturated heterocycles. The van der Waals surface area contributed by atoms with E-state index in [1.165, 1.54) is 5.56 Å². The lowest BCUT2D eigenvalue weighted by molar-refractivity contribution is -0.144. The Morgan fingerprint density at radius 3 is 2.43 bits per heavy atom. The second kappa shape index (κ2) is 9.13. The van der Waals surface area contributed by atoms with Gasteiger partial charge < -0.3 is 15.0 Å². The van der Waals surface area contributed by atoms with E-state index < -0.39 is 0 Å². The number of benzene rings is 1. The molecule has 0 radical (unpaired) electrons. The molecule has 0 heterocycles. The van der Waals surface area contributed by atoms with Gasteiger partial charge in [-0.2, -0.15) is 0 Å². The average molecular weight is 292 g/mol. The minimum absolute atomic E-state index is 0.124. The molecule has 1 rings (SSSR count). The zero-order valence-corrected chi connectivity index (χ0v) is 13.0. The Morgan fingerprint density at radius 1 is 1.14 bits per heavy atom. The summed E-state index contributed by atoms with van der Waals surface area (Å²) in [6, 6.07) is 8.01. The number of carbonyl (C=O) groups is 2. The van der Waals surface area contributed by atoms with Gasteiger partial charge in [-0.25, -0.2) is 0 Å². The molecule has 21 heavy (non-hydrogen) atoms. The van der Waals surface area contributed by atoms with Crippen molar-refractivity contribution >= 4 is 11.9 Å². The molecule has 5 nitrogen and oxygen atoms in total. The van der Waals surface area contributed by atoms with Gasteiger partial charge in [0, 0.05) is 19.5 Å². The lowest BCUT2D eigenvalue weighted by atomic mass is 10.1. The Hall–Kier alpha value is -1.88. The highest BCUT2D eigenvalue weighted by molar-refractivity contribution is 5.81. The van der Waals surface area contributed by atoms with E-state index in [2.05, 4.69) is 16.3 Å². The molecule has 1 amide bonds. The molecular formula is C16H24N2O3. The van der Waals surface area contributed by atoms with Crippen molar-refractivity contribution in [2.45, 2.75) is 32.9 Å². The van der Waals surface area contributed by atoms with Gasteiger partial charge in [0.25, 0.3) is 0 Å². The van der Waals surface area contributed by atoms with Gasteiger partial charge in [0.2, 0.25) is 5.91 Å². The Morgan fingerprint density at radius 2 is 1.81 bits per heavy atom. The molecule has 1 aromatic carbocycles. The summed E-state index contributed by atoms with van der Waals surface area (Å²) in [5.41, 5.74) is 2.28. The first kappa shape index (κ1) is 17.2. The Labute approximate surface area is 126 Å². The molecule has 116 valence electrons. The summed E-state index contributed by atoms with van der Waals surface area (Å²) >= 11 is 0. The number of hydrogen-bond donors (Lipinski definition) is 1. The summed E-state index contributed by atoms with van der Waals surface area (Å²) < 4.78 is 4.79. The highest BCUT2D eigenvalue weighted by Crippen LogP contribution is 2.10. The van der Waals surface area contributed by atoms with Gasteiger partial charge in [0.05, 0.1) is 13.0 Å². The minimum Gasteiger partial charge on any atom is -0.466 e. The third-order valence-electron chi connectivity index (χ3n) is 2.94. The van der Waals surface area contributed by atoms with Crippen LogP contribution < -0.4 is 5.32 Å². The van der Waals surface area contributed by atoms with E-state index in [0.717, 1.165) is 12.1 Å².